The summed E-state index contributed by atoms with van der Waals surface area (Å²) in [5.41, 5.74) is 9.96. The molecule has 180 valence electrons. The molecule has 2 aromatic heterocycles. The molecule has 0 amide bonds. The molecule has 0 bridgehead atoms. The van der Waals surface area contributed by atoms with Gasteiger partial charge in [0.05, 0.1) is 11.0 Å². The van der Waals surface area contributed by atoms with Crippen molar-refractivity contribution in [2.24, 2.45) is 0 Å². The third-order valence-corrected chi connectivity index (χ3v) is 8.44. The van der Waals surface area contributed by atoms with Gasteiger partial charge in [0, 0.05) is 27.9 Å². The van der Waals surface area contributed by atoms with Crippen LogP contribution in [0.15, 0.2) is 121 Å². The number of rotatable bonds is 2. The van der Waals surface area contributed by atoms with Gasteiger partial charge in [-0.1, -0.05) is 105 Å². The van der Waals surface area contributed by atoms with E-state index in [4.69, 9.17) is 4.98 Å². The molecule has 1 aliphatic carbocycles. The van der Waals surface area contributed by atoms with Gasteiger partial charge in [0.2, 0.25) is 0 Å². The van der Waals surface area contributed by atoms with Gasteiger partial charge in [-0.2, -0.15) is 0 Å². The van der Waals surface area contributed by atoms with Crippen molar-refractivity contribution in [3.05, 3.63) is 133 Å². The average molecular weight is 487 g/mol. The van der Waals surface area contributed by atoms with E-state index in [0.29, 0.717) is 0 Å². The number of fused-ring (bicyclic) bond motifs is 7. The van der Waals surface area contributed by atoms with Gasteiger partial charge in [-0.05, 0) is 62.9 Å². The van der Waals surface area contributed by atoms with Crippen LogP contribution >= 0.6 is 0 Å². The van der Waals surface area contributed by atoms with Crippen molar-refractivity contribution in [2.45, 2.75) is 19.3 Å². The summed E-state index contributed by atoms with van der Waals surface area (Å²) < 4.78 is 2.34. The van der Waals surface area contributed by atoms with E-state index in [-0.39, 0.29) is 5.41 Å². The number of pyridine rings is 1. The lowest BCUT2D eigenvalue weighted by Crippen LogP contribution is -2.15. The van der Waals surface area contributed by atoms with Crippen LogP contribution in [0.4, 0.5) is 0 Å². The molecule has 1 aliphatic rings. The lowest BCUT2D eigenvalue weighted by molar-refractivity contribution is 0.659. The lowest BCUT2D eigenvalue weighted by atomic mass is 9.83. The Morgan fingerprint density at radius 1 is 0.553 bits per heavy atom. The normalized spacial score (nSPS) is 13.7. The van der Waals surface area contributed by atoms with Crippen LogP contribution in [-0.4, -0.2) is 9.55 Å². The number of hydrogen-bond acceptors (Lipinski definition) is 1. The van der Waals surface area contributed by atoms with Gasteiger partial charge in [0.15, 0.2) is 0 Å². The van der Waals surface area contributed by atoms with Crippen molar-refractivity contribution in [1.82, 2.24) is 9.55 Å². The third kappa shape index (κ3) is 2.92. The SMILES string of the molecule is CC1(C)c2ccccc2-c2cnc(-n3c4ccccc4c4ccc(-c5ccc6ccccc6c5)cc43)cc21. The first-order valence-electron chi connectivity index (χ1n) is 13.2. The highest BCUT2D eigenvalue weighted by atomic mass is 15.1. The van der Waals surface area contributed by atoms with E-state index in [2.05, 4.69) is 140 Å². The smallest absolute Gasteiger partial charge is 0.137 e. The predicted octanol–water partition coefficient (Wildman–Crippen LogP) is 9.31. The monoisotopic (exact) mass is 486 g/mol. The zero-order valence-electron chi connectivity index (χ0n) is 21.4. The molecular formula is C36H26N2. The standard InChI is InChI=1S/C36H26N2/c1-36(2)31-13-7-5-11-27(31)30-22-37-35(21-32(30)36)38-33-14-8-6-12-28(33)29-18-17-26(20-34(29)38)25-16-15-23-9-3-4-10-24(23)19-25/h3-22H,1-2H3. The van der Waals surface area contributed by atoms with Crippen LogP contribution in [0.2, 0.25) is 0 Å². The second kappa shape index (κ2) is 7.66. The number of hydrogen-bond donors (Lipinski definition) is 0. The van der Waals surface area contributed by atoms with Crippen molar-refractivity contribution >= 4 is 32.6 Å². The maximum atomic E-state index is 5.06. The van der Waals surface area contributed by atoms with Crippen LogP contribution in [0.25, 0.3) is 60.6 Å². The molecule has 0 unspecified atom stereocenters. The summed E-state index contributed by atoms with van der Waals surface area (Å²) in [6, 6.07) is 41.8. The van der Waals surface area contributed by atoms with Gasteiger partial charge in [-0.25, -0.2) is 4.98 Å². The van der Waals surface area contributed by atoms with E-state index >= 15 is 0 Å². The fraction of sp³-hybridized carbons (Fsp3) is 0.0833. The fourth-order valence-corrected chi connectivity index (χ4v) is 6.47. The second-order valence-corrected chi connectivity index (χ2v) is 10.9. The zero-order chi connectivity index (χ0) is 25.4. The first kappa shape index (κ1) is 21.4. The van der Waals surface area contributed by atoms with Crippen LogP contribution in [0.1, 0.15) is 25.0 Å². The third-order valence-electron chi connectivity index (χ3n) is 8.44. The fourth-order valence-electron chi connectivity index (χ4n) is 6.47. The summed E-state index contributed by atoms with van der Waals surface area (Å²) in [4.78, 5) is 5.06. The summed E-state index contributed by atoms with van der Waals surface area (Å²) in [6.45, 7) is 4.65. The van der Waals surface area contributed by atoms with Crippen molar-refractivity contribution in [3.8, 4) is 28.1 Å². The molecule has 0 saturated carbocycles. The molecule has 0 spiro atoms. The Morgan fingerprint density at radius 3 is 2.18 bits per heavy atom. The molecule has 5 aromatic carbocycles. The van der Waals surface area contributed by atoms with E-state index in [1.54, 1.807) is 0 Å². The van der Waals surface area contributed by atoms with E-state index in [1.807, 2.05) is 0 Å². The van der Waals surface area contributed by atoms with E-state index in [1.165, 1.54) is 66.0 Å². The predicted molar refractivity (Wildman–Crippen MR) is 159 cm³/mol. The Bertz CT molecular complexity index is 2060. The average Bonchev–Trinajstić information content (AvgIpc) is 3.41. The Balaban J connectivity index is 1.37. The summed E-state index contributed by atoms with van der Waals surface area (Å²) in [5.74, 6) is 0.964. The number of nitrogens with zero attached hydrogens (tertiary/aromatic N) is 2. The van der Waals surface area contributed by atoms with Crippen LogP contribution in [0.3, 0.4) is 0 Å². The lowest BCUT2D eigenvalue weighted by Gasteiger charge is -2.22. The summed E-state index contributed by atoms with van der Waals surface area (Å²) in [6.07, 6.45) is 2.08. The molecule has 7 aromatic rings. The summed E-state index contributed by atoms with van der Waals surface area (Å²) in [7, 11) is 0. The summed E-state index contributed by atoms with van der Waals surface area (Å²) in [5, 5.41) is 5.01. The molecule has 0 N–H and O–H groups in total. The molecule has 8 rings (SSSR count). The minimum atomic E-state index is -0.0708. The number of para-hydroxylation sites is 1. The topological polar surface area (TPSA) is 17.8 Å². The molecule has 0 atom stereocenters. The second-order valence-electron chi connectivity index (χ2n) is 10.9. The van der Waals surface area contributed by atoms with Crippen molar-refractivity contribution in [2.75, 3.05) is 0 Å². The van der Waals surface area contributed by atoms with E-state index in [0.717, 1.165) is 5.82 Å². The minimum Gasteiger partial charge on any atom is -0.294 e. The largest absolute Gasteiger partial charge is 0.294 e. The van der Waals surface area contributed by atoms with Gasteiger partial charge in [0.25, 0.3) is 0 Å². The first-order chi connectivity index (χ1) is 18.6. The van der Waals surface area contributed by atoms with Crippen molar-refractivity contribution < 1.29 is 0 Å². The van der Waals surface area contributed by atoms with Crippen molar-refractivity contribution in [3.63, 3.8) is 0 Å². The van der Waals surface area contributed by atoms with Gasteiger partial charge >= 0.3 is 0 Å². The molecule has 2 nitrogen and oxygen atoms in total. The highest BCUT2D eigenvalue weighted by molar-refractivity contribution is 6.10. The van der Waals surface area contributed by atoms with E-state index in [9.17, 15) is 0 Å². The maximum Gasteiger partial charge on any atom is 0.137 e. The summed E-state index contributed by atoms with van der Waals surface area (Å²) >= 11 is 0. The Morgan fingerprint density at radius 2 is 1.26 bits per heavy atom. The van der Waals surface area contributed by atoms with Gasteiger partial charge in [-0.3, -0.25) is 4.57 Å². The molecule has 0 aliphatic heterocycles. The molecule has 0 fully saturated rings. The molecular weight excluding hydrogens is 460 g/mol. The van der Waals surface area contributed by atoms with Crippen molar-refractivity contribution in [1.29, 1.82) is 0 Å². The van der Waals surface area contributed by atoms with E-state index < -0.39 is 0 Å². The molecule has 38 heavy (non-hydrogen) atoms. The van der Waals surface area contributed by atoms with Crippen LogP contribution in [0.5, 0.6) is 0 Å². The Labute approximate surface area is 221 Å². The van der Waals surface area contributed by atoms with Crippen LogP contribution in [0, 0.1) is 0 Å². The first-order valence-corrected chi connectivity index (χ1v) is 13.2. The van der Waals surface area contributed by atoms with Gasteiger partial charge in [-0.15, -0.1) is 0 Å². The molecule has 0 saturated heterocycles. The maximum absolute atomic E-state index is 5.06. The Kier molecular flexibility index (Phi) is 4.31. The zero-order valence-corrected chi connectivity index (χ0v) is 21.4. The minimum absolute atomic E-state index is 0.0708. The van der Waals surface area contributed by atoms with Gasteiger partial charge in [0.1, 0.15) is 5.82 Å². The van der Waals surface area contributed by atoms with Crippen LogP contribution in [-0.2, 0) is 5.41 Å². The molecule has 0 radical (unpaired) electrons. The number of benzene rings is 5. The van der Waals surface area contributed by atoms with Gasteiger partial charge < -0.3 is 0 Å². The molecule has 2 heteroatoms. The highest BCUT2D eigenvalue weighted by Gasteiger charge is 2.35. The Hall–Kier alpha value is -4.69. The van der Waals surface area contributed by atoms with Crippen LogP contribution < -0.4 is 0 Å². The quantitative estimate of drug-likeness (QED) is 0.238. The highest BCUT2D eigenvalue weighted by Crippen LogP contribution is 2.49. The molecule has 2 heterocycles. The number of aromatic nitrogens is 2.